The van der Waals surface area contributed by atoms with Crippen LogP contribution in [-0.4, -0.2) is 65.0 Å². The fraction of sp³-hybridized carbons (Fsp3) is 0.333. The first-order chi connectivity index (χ1) is 14.7. The van der Waals surface area contributed by atoms with Crippen LogP contribution in [0.3, 0.4) is 0 Å². The van der Waals surface area contributed by atoms with Crippen LogP contribution in [0.15, 0.2) is 48.8 Å². The summed E-state index contributed by atoms with van der Waals surface area (Å²) >= 11 is 0. The van der Waals surface area contributed by atoms with Crippen molar-refractivity contribution >= 4 is 17.7 Å². The van der Waals surface area contributed by atoms with E-state index in [-0.39, 0.29) is 5.91 Å². The summed E-state index contributed by atoms with van der Waals surface area (Å²) in [5.74, 6) is 1.32. The van der Waals surface area contributed by atoms with Crippen LogP contribution in [-0.2, 0) is 4.74 Å². The van der Waals surface area contributed by atoms with E-state index >= 15 is 0 Å². The minimum Gasteiger partial charge on any atom is -0.378 e. The second-order valence-corrected chi connectivity index (χ2v) is 6.97. The summed E-state index contributed by atoms with van der Waals surface area (Å²) in [7, 11) is 0. The van der Waals surface area contributed by atoms with E-state index in [2.05, 4.69) is 30.6 Å². The molecule has 0 saturated carbocycles. The van der Waals surface area contributed by atoms with Crippen molar-refractivity contribution in [1.29, 1.82) is 0 Å². The van der Waals surface area contributed by atoms with Crippen molar-refractivity contribution in [2.45, 2.75) is 6.92 Å². The second-order valence-electron chi connectivity index (χ2n) is 6.97. The van der Waals surface area contributed by atoms with Gasteiger partial charge in [0.2, 0.25) is 5.95 Å². The molecular weight excluding hydrogens is 382 g/mol. The predicted octanol–water partition coefficient (Wildman–Crippen LogP) is 1.65. The molecule has 9 heteroatoms. The van der Waals surface area contributed by atoms with E-state index in [0.29, 0.717) is 37.8 Å². The average Bonchev–Trinajstić information content (AvgIpc) is 3.32. The van der Waals surface area contributed by atoms with Gasteiger partial charge in [0, 0.05) is 55.9 Å². The highest BCUT2D eigenvalue weighted by molar-refractivity contribution is 5.94. The van der Waals surface area contributed by atoms with E-state index in [1.54, 1.807) is 16.9 Å². The third kappa shape index (κ3) is 4.93. The third-order valence-electron chi connectivity index (χ3n) is 4.75. The molecular formula is C21H25N7O2. The maximum Gasteiger partial charge on any atom is 0.251 e. The lowest BCUT2D eigenvalue weighted by molar-refractivity contribution is 0.0955. The molecule has 2 aromatic heterocycles. The number of rotatable bonds is 7. The minimum absolute atomic E-state index is 0.134. The number of nitrogens with one attached hydrogen (secondary N) is 2. The Labute approximate surface area is 175 Å². The number of aromatic nitrogens is 4. The first-order valence-electron chi connectivity index (χ1n) is 9.99. The number of aryl methyl sites for hydroxylation is 1. The molecule has 0 spiro atoms. The highest BCUT2D eigenvalue weighted by Gasteiger charge is 2.14. The lowest BCUT2D eigenvalue weighted by Gasteiger charge is -2.28. The molecule has 1 aliphatic heterocycles. The minimum atomic E-state index is -0.134. The van der Waals surface area contributed by atoms with Crippen molar-refractivity contribution in [3.8, 4) is 5.69 Å². The number of carbonyl (C=O) groups excluding carboxylic acids is 1. The second kappa shape index (κ2) is 9.36. The molecule has 1 amide bonds. The zero-order valence-electron chi connectivity index (χ0n) is 16.9. The molecule has 3 aromatic rings. The lowest BCUT2D eigenvalue weighted by Crippen LogP contribution is -2.37. The smallest absolute Gasteiger partial charge is 0.251 e. The van der Waals surface area contributed by atoms with E-state index in [1.165, 1.54) is 0 Å². The van der Waals surface area contributed by atoms with Gasteiger partial charge in [-0.15, -0.1) is 0 Å². The van der Waals surface area contributed by atoms with Gasteiger partial charge < -0.3 is 20.3 Å². The Bertz CT molecular complexity index is 985. The van der Waals surface area contributed by atoms with E-state index < -0.39 is 0 Å². The van der Waals surface area contributed by atoms with E-state index in [4.69, 9.17) is 4.74 Å². The molecule has 0 aliphatic carbocycles. The summed E-state index contributed by atoms with van der Waals surface area (Å²) in [6.45, 7) is 5.99. The first kappa shape index (κ1) is 19.8. The molecule has 1 aliphatic rings. The van der Waals surface area contributed by atoms with Gasteiger partial charge in [0.15, 0.2) is 0 Å². The van der Waals surface area contributed by atoms with Crippen LogP contribution >= 0.6 is 0 Å². The molecule has 0 unspecified atom stereocenters. The van der Waals surface area contributed by atoms with Crippen LogP contribution in [0.4, 0.5) is 11.8 Å². The molecule has 3 heterocycles. The topological polar surface area (TPSA) is 97.2 Å². The zero-order chi connectivity index (χ0) is 20.8. The van der Waals surface area contributed by atoms with E-state index in [1.807, 2.05) is 43.5 Å². The van der Waals surface area contributed by atoms with Gasteiger partial charge in [-0.25, -0.2) is 9.67 Å². The van der Waals surface area contributed by atoms with Gasteiger partial charge in [0.25, 0.3) is 5.91 Å². The average molecular weight is 407 g/mol. The first-order valence-corrected chi connectivity index (χ1v) is 9.99. The van der Waals surface area contributed by atoms with Crippen molar-refractivity contribution < 1.29 is 9.53 Å². The highest BCUT2D eigenvalue weighted by atomic mass is 16.5. The Morgan fingerprint density at radius 3 is 2.80 bits per heavy atom. The molecule has 30 heavy (non-hydrogen) atoms. The number of amides is 1. The van der Waals surface area contributed by atoms with E-state index in [0.717, 1.165) is 30.3 Å². The van der Waals surface area contributed by atoms with Crippen LogP contribution in [0, 0.1) is 6.92 Å². The van der Waals surface area contributed by atoms with Crippen LogP contribution in [0.5, 0.6) is 0 Å². The standard InChI is InChI=1S/C21H25N7O2/c1-16-14-19(27-10-12-30-13-11-27)26-21(25-16)23-8-7-22-20(29)17-4-2-5-18(15-17)28-9-3-6-24-28/h2-6,9,14-15H,7-8,10-13H2,1H3,(H,22,29)(H,23,25,26). The number of carbonyl (C=O) groups is 1. The normalized spacial score (nSPS) is 13.8. The van der Waals surface area contributed by atoms with Crippen LogP contribution in [0.1, 0.15) is 16.1 Å². The Morgan fingerprint density at radius 1 is 1.13 bits per heavy atom. The number of anilines is 2. The van der Waals surface area contributed by atoms with Crippen LogP contribution in [0.2, 0.25) is 0 Å². The summed E-state index contributed by atoms with van der Waals surface area (Å²) in [5, 5.41) is 10.3. The maximum absolute atomic E-state index is 12.5. The molecule has 9 nitrogen and oxygen atoms in total. The maximum atomic E-state index is 12.5. The fourth-order valence-corrected chi connectivity index (χ4v) is 3.25. The van der Waals surface area contributed by atoms with Crippen molar-refractivity contribution in [2.24, 2.45) is 0 Å². The summed E-state index contributed by atoms with van der Waals surface area (Å²) in [4.78, 5) is 23.7. The number of morpholine rings is 1. The van der Waals surface area contributed by atoms with Gasteiger partial charge in [-0.1, -0.05) is 6.07 Å². The molecule has 2 N–H and O–H groups in total. The molecule has 1 aromatic carbocycles. The number of hydrogen-bond acceptors (Lipinski definition) is 7. The summed E-state index contributed by atoms with van der Waals surface area (Å²) < 4.78 is 7.12. The van der Waals surface area contributed by atoms with E-state index in [9.17, 15) is 4.79 Å². The van der Waals surface area contributed by atoms with Gasteiger partial charge in [-0.2, -0.15) is 10.1 Å². The third-order valence-corrected chi connectivity index (χ3v) is 4.75. The van der Waals surface area contributed by atoms with Gasteiger partial charge in [-0.3, -0.25) is 4.79 Å². The van der Waals surface area contributed by atoms with Crippen molar-refractivity contribution in [3.63, 3.8) is 0 Å². The molecule has 0 atom stereocenters. The lowest BCUT2D eigenvalue weighted by atomic mass is 10.2. The summed E-state index contributed by atoms with van der Waals surface area (Å²) in [6, 6.07) is 11.2. The fourth-order valence-electron chi connectivity index (χ4n) is 3.25. The van der Waals surface area contributed by atoms with Crippen molar-refractivity contribution in [3.05, 3.63) is 60.0 Å². The predicted molar refractivity (Wildman–Crippen MR) is 114 cm³/mol. The molecule has 4 rings (SSSR count). The van der Waals surface area contributed by atoms with Crippen molar-refractivity contribution in [2.75, 3.05) is 49.6 Å². The number of hydrogen-bond donors (Lipinski definition) is 2. The van der Waals surface area contributed by atoms with Gasteiger partial charge in [0.1, 0.15) is 5.82 Å². The number of benzene rings is 1. The molecule has 0 bridgehead atoms. The van der Waals surface area contributed by atoms with Crippen molar-refractivity contribution in [1.82, 2.24) is 25.1 Å². The molecule has 1 fully saturated rings. The van der Waals surface area contributed by atoms with Gasteiger partial charge in [0.05, 0.1) is 18.9 Å². The Morgan fingerprint density at radius 2 is 2.00 bits per heavy atom. The summed E-state index contributed by atoms with van der Waals surface area (Å²) in [6.07, 6.45) is 3.55. The zero-order valence-corrected chi connectivity index (χ0v) is 16.9. The Hall–Kier alpha value is -3.46. The SMILES string of the molecule is Cc1cc(N2CCOCC2)nc(NCCNC(=O)c2cccc(-n3cccn3)c2)n1. The molecule has 1 saturated heterocycles. The highest BCUT2D eigenvalue weighted by Crippen LogP contribution is 2.16. The number of nitrogens with zero attached hydrogens (tertiary/aromatic N) is 5. The summed E-state index contributed by atoms with van der Waals surface area (Å²) in [5.41, 5.74) is 2.33. The quantitative estimate of drug-likeness (QED) is 0.575. The molecule has 0 radical (unpaired) electrons. The van der Waals surface area contributed by atoms with Gasteiger partial charge in [-0.05, 0) is 31.2 Å². The largest absolute Gasteiger partial charge is 0.378 e. The monoisotopic (exact) mass is 407 g/mol. The Balaban J connectivity index is 1.30. The number of ether oxygens (including phenoxy) is 1. The van der Waals surface area contributed by atoms with Crippen LogP contribution in [0.25, 0.3) is 5.69 Å². The van der Waals surface area contributed by atoms with Crippen LogP contribution < -0.4 is 15.5 Å². The van der Waals surface area contributed by atoms with Gasteiger partial charge >= 0.3 is 0 Å². The Kier molecular flexibility index (Phi) is 6.19. The molecule has 156 valence electrons.